The van der Waals surface area contributed by atoms with E-state index in [-0.39, 0.29) is 12.5 Å². The van der Waals surface area contributed by atoms with Gasteiger partial charge in [-0.15, -0.1) is 0 Å². The van der Waals surface area contributed by atoms with Gasteiger partial charge in [0.2, 0.25) is 0 Å². The lowest BCUT2D eigenvalue weighted by atomic mass is 10.1. The number of hydrogen-bond acceptors (Lipinski definition) is 5. The molecule has 0 aliphatic heterocycles. The average Bonchev–Trinajstić information content (AvgIpc) is 2.59. The van der Waals surface area contributed by atoms with E-state index in [9.17, 15) is 9.90 Å². The van der Waals surface area contributed by atoms with Crippen molar-refractivity contribution < 1.29 is 19.4 Å². The third-order valence-electron chi connectivity index (χ3n) is 3.15. The van der Waals surface area contributed by atoms with Crippen LogP contribution in [0.4, 0.5) is 0 Å². The molecule has 2 aromatic rings. The van der Waals surface area contributed by atoms with E-state index in [1.165, 1.54) is 7.11 Å². The third kappa shape index (κ3) is 3.73. The molecule has 2 rings (SSSR count). The largest absolute Gasteiger partial charge is 0.493 e. The second kappa shape index (κ2) is 7.42. The van der Waals surface area contributed by atoms with E-state index in [4.69, 9.17) is 9.47 Å². The van der Waals surface area contributed by atoms with Crippen LogP contribution in [0.1, 0.15) is 22.2 Å². The molecule has 116 valence electrons. The summed E-state index contributed by atoms with van der Waals surface area (Å²) in [5.41, 5.74) is 0.931. The number of aromatic nitrogens is 1. The zero-order chi connectivity index (χ0) is 15.9. The first-order chi connectivity index (χ1) is 10.7. The van der Waals surface area contributed by atoms with E-state index in [1.54, 1.807) is 49.7 Å². The van der Waals surface area contributed by atoms with E-state index in [0.29, 0.717) is 22.8 Å². The lowest BCUT2D eigenvalue weighted by Gasteiger charge is -2.14. The minimum absolute atomic E-state index is 0.0743. The Morgan fingerprint density at radius 2 is 2.00 bits per heavy atom. The maximum absolute atomic E-state index is 11.9. The lowest BCUT2D eigenvalue weighted by Crippen LogP contribution is -2.29. The molecule has 6 heteroatoms. The topological polar surface area (TPSA) is 80.7 Å². The zero-order valence-electron chi connectivity index (χ0n) is 12.4. The van der Waals surface area contributed by atoms with Crippen LogP contribution in [-0.4, -0.2) is 36.8 Å². The maximum atomic E-state index is 11.9. The number of methoxy groups -OCH3 is 2. The van der Waals surface area contributed by atoms with Crippen molar-refractivity contribution in [2.75, 3.05) is 20.8 Å². The minimum Gasteiger partial charge on any atom is -0.493 e. The van der Waals surface area contributed by atoms with Crippen molar-refractivity contribution in [3.63, 3.8) is 0 Å². The number of aliphatic hydroxyl groups is 1. The van der Waals surface area contributed by atoms with E-state index >= 15 is 0 Å². The van der Waals surface area contributed by atoms with Crippen molar-refractivity contribution in [2.45, 2.75) is 6.10 Å². The van der Waals surface area contributed by atoms with Gasteiger partial charge in [-0.05, 0) is 29.8 Å². The summed E-state index contributed by atoms with van der Waals surface area (Å²) in [4.78, 5) is 15.8. The quantitative estimate of drug-likeness (QED) is 0.846. The van der Waals surface area contributed by atoms with Gasteiger partial charge in [-0.2, -0.15) is 0 Å². The first-order valence-corrected chi connectivity index (χ1v) is 6.75. The van der Waals surface area contributed by atoms with Crippen molar-refractivity contribution in [1.29, 1.82) is 0 Å². The summed E-state index contributed by atoms with van der Waals surface area (Å²) in [7, 11) is 3.07. The fraction of sp³-hybridized carbons (Fsp3) is 0.250. The Morgan fingerprint density at radius 1 is 1.23 bits per heavy atom. The monoisotopic (exact) mass is 302 g/mol. The molecule has 6 nitrogen and oxygen atoms in total. The fourth-order valence-electron chi connectivity index (χ4n) is 1.95. The molecule has 0 aliphatic carbocycles. The van der Waals surface area contributed by atoms with Crippen LogP contribution in [0.25, 0.3) is 0 Å². The fourth-order valence-corrected chi connectivity index (χ4v) is 1.95. The van der Waals surface area contributed by atoms with Gasteiger partial charge in [0, 0.05) is 12.7 Å². The molecule has 1 aromatic carbocycles. The molecule has 1 atom stereocenters. The number of benzene rings is 1. The summed E-state index contributed by atoms with van der Waals surface area (Å²) >= 11 is 0. The number of nitrogens with one attached hydrogen (secondary N) is 1. The number of carbonyl (C=O) groups excluding carboxylic acids is 1. The molecule has 1 heterocycles. The number of pyridine rings is 1. The average molecular weight is 302 g/mol. The lowest BCUT2D eigenvalue weighted by molar-refractivity contribution is 0.0911. The van der Waals surface area contributed by atoms with Crippen molar-refractivity contribution >= 4 is 5.91 Å². The van der Waals surface area contributed by atoms with Crippen LogP contribution in [0.3, 0.4) is 0 Å². The van der Waals surface area contributed by atoms with E-state index in [0.717, 1.165) is 0 Å². The van der Waals surface area contributed by atoms with Crippen LogP contribution in [0.2, 0.25) is 0 Å². The molecule has 0 saturated heterocycles. The van der Waals surface area contributed by atoms with Gasteiger partial charge in [0.1, 0.15) is 5.69 Å². The Bertz CT molecular complexity index is 631. The molecular formula is C16H18N2O4. The molecule has 22 heavy (non-hydrogen) atoms. The Balaban J connectivity index is 2.00. The Kier molecular flexibility index (Phi) is 5.32. The summed E-state index contributed by atoms with van der Waals surface area (Å²) in [6.07, 6.45) is 0.687. The van der Waals surface area contributed by atoms with Crippen LogP contribution < -0.4 is 14.8 Å². The Labute approximate surface area is 128 Å². The summed E-state index contributed by atoms with van der Waals surface area (Å²) in [6.45, 7) is 0.0743. The number of ether oxygens (including phenoxy) is 2. The first-order valence-electron chi connectivity index (χ1n) is 6.75. The SMILES string of the molecule is COc1ccc(C(O)CNC(=O)c2ccccn2)cc1OC. The summed E-state index contributed by atoms with van der Waals surface area (Å²) in [5, 5.41) is 12.8. The molecule has 2 N–H and O–H groups in total. The van der Waals surface area contributed by atoms with E-state index < -0.39 is 6.10 Å². The second-order valence-corrected chi connectivity index (χ2v) is 4.56. The van der Waals surface area contributed by atoms with Gasteiger partial charge < -0.3 is 19.9 Å². The summed E-state index contributed by atoms with van der Waals surface area (Å²) in [6, 6.07) is 10.2. The number of rotatable bonds is 6. The molecule has 0 radical (unpaired) electrons. The van der Waals surface area contributed by atoms with Crippen LogP contribution in [0.5, 0.6) is 11.5 Å². The predicted molar refractivity (Wildman–Crippen MR) is 81.1 cm³/mol. The van der Waals surface area contributed by atoms with Crippen LogP contribution >= 0.6 is 0 Å². The van der Waals surface area contributed by atoms with Gasteiger partial charge in [0.25, 0.3) is 5.91 Å². The molecule has 1 amide bonds. The molecule has 0 spiro atoms. The normalized spacial score (nSPS) is 11.6. The highest BCUT2D eigenvalue weighted by Gasteiger charge is 2.14. The summed E-state index contributed by atoms with van der Waals surface area (Å²) in [5.74, 6) is 0.770. The van der Waals surface area contributed by atoms with Crippen molar-refractivity contribution in [3.8, 4) is 11.5 Å². The van der Waals surface area contributed by atoms with Gasteiger partial charge in [0.05, 0.1) is 20.3 Å². The Hall–Kier alpha value is -2.60. The molecule has 0 bridgehead atoms. The summed E-state index contributed by atoms with van der Waals surface area (Å²) < 4.78 is 10.3. The highest BCUT2D eigenvalue weighted by Crippen LogP contribution is 2.29. The van der Waals surface area contributed by atoms with Crippen LogP contribution in [0, 0.1) is 0 Å². The molecule has 0 aliphatic rings. The number of hydrogen-bond donors (Lipinski definition) is 2. The number of amides is 1. The Morgan fingerprint density at radius 3 is 2.64 bits per heavy atom. The zero-order valence-corrected chi connectivity index (χ0v) is 12.4. The molecule has 1 unspecified atom stereocenters. The van der Waals surface area contributed by atoms with Crippen LogP contribution in [-0.2, 0) is 0 Å². The number of carbonyl (C=O) groups is 1. The van der Waals surface area contributed by atoms with Crippen molar-refractivity contribution in [1.82, 2.24) is 10.3 Å². The molecule has 1 aromatic heterocycles. The number of aliphatic hydroxyl groups excluding tert-OH is 1. The standard InChI is InChI=1S/C16H18N2O4/c1-21-14-7-6-11(9-15(14)22-2)13(19)10-18-16(20)12-5-3-4-8-17-12/h3-9,13,19H,10H2,1-2H3,(H,18,20). The second-order valence-electron chi connectivity index (χ2n) is 4.56. The van der Waals surface area contributed by atoms with E-state index in [1.807, 2.05) is 0 Å². The van der Waals surface area contributed by atoms with Gasteiger partial charge in [-0.1, -0.05) is 12.1 Å². The first kappa shape index (κ1) is 15.8. The van der Waals surface area contributed by atoms with Gasteiger partial charge in [-0.3, -0.25) is 9.78 Å². The van der Waals surface area contributed by atoms with Gasteiger partial charge >= 0.3 is 0 Å². The third-order valence-corrected chi connectivity index (χ3v) is 3.15. The number of nitrogens with zero attached hydrogens (tertiary/aromatic N) is 1. The predicted octanol–water partition coefficient (Wildman–Crippen LogP) is 1.56. The van der Waals surface area contributed by atoms with Crippen molar-refractivity contribution in [2.24, 2.45) is 0 Å². The van der Waals surface area contributed by atoms with Gasteiger partial charge in [-0.25, -0.2) is 0 Å². The smallest absolute Gasteiger partial charge is 0.269 e. The highest BCUT2D eigenvalue weighted by atomic mass is 16.5. The molecule has 0 saturated carbocycles. The van der Waals surface area contributed by atoms with Crippen LogP contribution in [0.15, 0.2) is 42.6 Å². The van der Waals surface area contributed by atoms with E-state index in [2.05, 4.69) is 10.3 Å². The molecular weight excluding hydrogens is 284 g/mol. The molecule has 0 fully saturated rings. The maximum Gasteiger partial charge on any atom is 0.269 e. The highest BCUT2D eigenvalue weighted by molar-refractivity contribution is 5.92. The van der Waals surface area contributed by atoms with Gasteiger partial charge in [0.15, 0.2) is 11.5 Å². The van der Waals surface area contributed by atoms with Crippen molar-refractivity contribution in [3.05, 3.63) is 53.9 Å². The minimum atomic E-state index is -0.854.